The number of benzene rings is 2. The smallest absolute Gasteiger partial charge is 0.342 e. The number of hydrogen-bond acceptors (Lipinski definition) is 4. The maximum Gasteiger partial charge on any atom is 0.342 e. The van der Waals surface area contributed by atoms with Gasteiger partial charge in [-0.3, -0.25) is 4.79 Å². The van der Waals surface area contributed by atoms with Crippen LogP contribution in [0, 0.1) is 6.92 Å². The molecule has 22 heavy (non-hydrogen) atoms. The fraction of sp³-hybridized carbons (Fsp3) is 0.176. The molecule has 2 aromatic rings. The molecule has 0 aliphatic carbocycles. The lowest BCUT2D eigenvalue weighted by Gasteiger charge is -2.15. The first-order valence-corrected chi connectivity index (χ1v) is 6.84. The number of rotatable bonds is 4. The first kappa shape index (κ1) is 15.6. The molecule has 0 radical (unpaired) electrons. The van der Waals surface area contributed by atoms with Crippen LogP contribution in [-0.2, 0) is 9.53 Å². The number of amides is 1. The first-order chi connectivity index (χ1) is 10.5. The Kier molecular flexibility index (Phi) is 4.78. The van der Waals surface area contributed by atoms with Gasteiger partial charge in [0.2, 0.25) is 0 Å². The number of nitrogens with one attached hydrogen (secondary N) is 1. The average Bonchev–Trinajstić information content (AvgIpc) is 2.49. The van der Waals surface area contributed by atoms with Crippen LogP contribution in [-0.4, -0.2) is 23.1 Å². The molecule has 2 N–H and O–H groups in total. The van der Waals surface area contributed by atoms with Gasteiger partial charge in [-0.15, -0.1) is 0 Å². The zero-order chi connectivity index (χ0) is 16.1. The number of ether oxygens (including phenoxy) is 1. The van der Waals surface area contributed by atoms with Gasteiger partial charge in [-0.05, 0) is 37.6 Å². The lowest BCUT2D eigenvalue weighted by molar-refractivity contribution is -0.123. The molecule has 0 aromatic heterocycles. The van der Waals surface area contributed by atoms with E-state index in [1.54, 1.807) is 24.3 Å². The number of phenols is 1. The van der Waals surface area contributed by atoms with E-state index in [1.807, 2.05) is 19.1 Å². The van der Waals surface area contributed by atoms with Gasteiger partial charge >= 0.3 is 5.97 Å². The molecule has 0 saturated carbocycles. The quantitative estimate of drug-likeness (QED) is 0.851. The normalized spacial score (nSPS) is 11.5. The van der Waals surface area contributed by atoms with Crippen LogP contribution in [0.4, 0.5) is 5.69 Å². The molecule has 0 aliphatic heterocycles. The summed E-state index contributed by atoms with van der Waals surface area (Å²) in [4.78, 5) is 24.0. The van der Waals surface area contributed by atoms with Crippen LogP contribution < -0.4 is 5.32 Å². The molecule has 2 rings (SSSR count). The molecule has 1 unspecified atom stereocenters. The van der Waals surface area contributed by atoms with E-state index >= 15 is 0 Å². The minimum Gasteiger partial charge on any atom is -0.507 e. The maximum absolute atomic E-state index is 12.1. The Hall–Kier alpha value is -2.82. The number of aromatic hydroxyl groups is 1. The van der Waals surface area contributed by atoms with E-state index in [-0.39, 0.29) is 11.3 Å². The van der Waals surface area contributed by atoms with E-state index in [1.165, 1.54) is 19.1 Å². The number of para-hydroxylation sites is 2. The number of phenolic OH excluding ortho intramolecular Hbond substituents is 1. The molecule has 114 valence electrons. The molecule has 5 heteroatoms. The molecule has 0 spiro atoms. The van der Waals surface area contributed by atoms with Crippen molar-refractivity contribution in [3.63, 3.8) is 0 Å². The molecule has 0 heterocycles. The predicted octanol–water partition coefficient (Wildman–Crippen LogP) is 2.88. The van der Waals surface area contributed by atoms with E-state index in [9.17, 15) is 14.7 Å². The van der Waals surface area contributed by atoms with Gasteiger partial charge in [0.1, 0.15) is 11.3 Å². The molecule has 0 bridgehead atoms. The third-order valence-electron chi connectivity index (χ3n) is 3.18. The van der Waals surface area contributed by atoms with Crippen molar-refractivity contribution < 1.29 is 19.4 Å². The summed E-state index contributed by atoms with van der Waals surface area (Å²) in [5.74, 6) is -1.36. The number of hydrogen-bond donors (Lipinski definition) is 2. The zero-order valence-corrected chi connectivity index (χ0v) is 12.4. The standard InChI is InChI=1S/C17H17NO4/c1-11-7-3-5-9-14(11)18-16(20)12(2)22-17(21)13-8-4-6-10-15(13)19/h3-10,12,19H,1-2H3,(H,18,20). The van der Waals surface area contributed by atoms with Crippen LogP contribution >= 0.6 is 0 Å². The molecule has 1 amide bonds. The van der Waals surface area contributed by atoms with Crippen LogP contribution in [0.25, 0.3) is 0 Å². The summed E-state index contributed by atoms with van der Waals surface area (Å²) in [6.45, 7) is 3.35. The molecular formula is C17H17NO4. The highest BCUT2D eigenvalue weighted by Crippen LogP contribution is 2.18. The van der Waals surface area contributed by atoms with Crippen LogP contribution in [0.15, 0.2) is 48.5 Å². The Morgan fingerprint density at radius 3 is 2.41 bits per heavy atom. The molecule has 5 nitrogen and oxygen atoms in total. The fourth-order valence-corrected chi connectivity index (χ4v) is 1.87. The average molecular weight is 299 g/mol. The van der Waals surface area contributed by atoms with Gasteiger partial charge in [0.25, 0.3) is 5.91 Å². The molecule has 1 atom stereocenters. The highest BCUT2D eigenvalue weighted by molar-refractivity contribution is 5.98. The molecule has 2 aromatic carbocycles. The second kappa shape index (κ2) is 6.76. The van der Waals surface area contributed by atoms with Gasteiger partial charge in [0.05, 0.1) is 0 Å². The molecule has 0 aliphatic rings. The van der Waals surface area contributed by atoms with Crippen molar-refractivity contribution in [3.8, 4) is 5.75 Å². The van der Waals surface area contributed by atoms with E-state index in [4.69, 9.17) is 4.74 Å². The van der Waals surface area contributed by atoms with Gasteiger partial charge in [-0.1, -0.05) is 30.3 Å². The zero-order valence-electron chi connectivity index (χ0n) is 12.4. The second-order valence-corrected chi connectivity index (χ2v) is 4.87. The lowest BCUT2D eigenvalue weighted by Crippen LogP contribution is -2.30. The summed E-state index contributed by atoms with van der Waals surface area (Å²) in [5.41, 5.74) is 1.60. The van der Waals surface area contributed by atoms with Gasteiger partial charge in [0, 0.05) is 5.69 Å². The SMILES string of the molecule is Cc1ccccc1NC(=O)C(C)OC(=O)c1ccccc1O. The van der Waals surface area contributed by atoms with E-state index in [0.29, 0.717) is 5.69 Å². The summed E-state index contributed by atoms with van der Waals surface area (Å²) in [6, 6.07) is 13.3. The topological polar surface area (TPSA) is 75.6 Å². The monoisotopic (exact) mass is 299 g/mol. The second-order valence-electron chi connectivity index (χ2n) is 4.87. The van der Waals surface area contributed by atoms with E-state index in [0.717, 1.165) is 5.56 Å². The van der Waals surface area contributed by atoms with Crippen LogP contribution in [0.1, 0.15) is 22.8 Å². The predicted molar refractivity (Wildman–Crippen MR) is 82.8 cm³/mol. The highest BCUT2D eigenvalue weighted by atomic mass is 16.5. The highest BCUT2D eigenvalue weighted by Gasteiger charge is 2.21. The van der Waals surface area contributed by atoms with Crippen molar-refractivity contribution in [2.24, 2.45) is 0 Å². The summed E-state index contributed by atoms with van der Waals surface area (Å²) < 4.78 is 5.08. The first-order valence-electron chi connectivity index (χ1n) is 6.84. The third-order valence-corrected chi connectivity index (χ3v) is 3.18. The van der Waals surface area contributed by atoms with Crippen LogP contribution in [0.3, 0.4) is 0 Å². The van der Waals surface area contributed by atoms with Crippen molar-refractivity contribution in [3.05, 3.63) is 59.7 Å². The summed E-state index contributed by atoms with van der Waals surface area (Å²) in [5, 5.41) is 12.3. The largest absolute Gasteiger partial charge is 0.507 e. The summed E-state index contributed by atoms with van der Waals surface area (Å²) in [7, 11) is 0. The fourth-order valence-electron chi connectivity index (χ4n) is 1.87. The van der Waals surface area contributed by atoms with Crippen molar-refractivity contribution in [1.29, 1.82) is 0 Å². The van der Waals surface area contributed by atoms with E-state index in [2.05, 4.69) is 5.32 Å². The minimum absolute atomic E-state index is 0.0260. The number of anilines is 1. The van der Waals surface area contributed by atoms with Gasteiger partial charge < -0.3 is 15.2 Å². The molecule has 0 fully saturated rings. The molecule has 0 saturated heterocycles. The van der Waals surface area contributed by atoms with Crippen molar-refractivity contribution >= 4 is 17.6 Å². The Bertz CT molecular complexity index is 697. The Morgan fingerprint density at radius 1 is 1.09 bits per heavy atom. The number of carbonyl (C=O) groups is 2. The molecular weight excluding hydrogens is 282 g/mol. The van der Waals surface area contributed by atoms with Crippen molar-refractivity contribution in [1.82, 2.24) is 0 Å². The van der Waals surface area contributed by atoms with Gasteiger partial charge in [-0.2, -0.15) is 0 Å². The van der Waals surface area contributed by atoms with Gasteiger partial charge in [-0.25, -0.2) is 4.79 Å². The van der Waals surface area contributed by atoms with Crippen LogP contribution in [0.5, 0.6) is 5.75 Å². The number of aryl methyl sites for hydroxylation is 1. The van der Waals surface area contributed by atoms with Gasteiger partial charge in [0.15, 0.2) is 6.10 Å². The summed E-state index contributed by atoms with van der Waals surface area (Å²) >= 11 is 0. The Morgan fingerprint density at radius 2 is 1.73 bits per heavy atom. The maximum atomic E-state index is 12.1. The lowest BCUT2D eigenvalue weighted by atomic mass is 10.2. The minimum atomic E-state index is -0.980. The van der Waals surface area contributed by atoms with E-state index < -0.39 is 18.0 Å². The van der Waals surface area contributed by atoms with Crippen molar-refractivity contribution in [2.45, 2.75) is 20.0 Å². The Labute approximate surface area is 128 Å². The third kappa shape index (κ3) is 3.63. The number of carbonyl (C=O) groups excluding carboxylic acids is 2. The Balaban J connectivity index is 2.01. The van der Waals surface area contributed by atoms with Crippen LogP contribution in [0.2, 0.25) is 0 Å². The summed E-state index contributed by atoms with van der Waals surface area (Å²) in [6.07, 6.45) is -0.980. The van der Waals surface area contributed by atoms with Crippen molar-refractivity contribution in [2.75, 3.05) is 5.32 Å². The number of esters is 1.